The van der Waals surface area contributed by atoms with Crippen LogP contribution in [-0.2, 0) is 15.0 Å². The highest BCUT2D eigenvalue weighted by Crippen LogP contribution is 2.55. The predicted molar refractivity (Wildman–Crippen MR) is 127 cm³/mol. The van der Waals surface area contributed by atoms with Crippen molar-refractivity contribution in [2.24, 2.45) is 0 Å². The first-order valence-electron chi connectivity index (χ1n) is 10.7. The molecule has 3 N–H and O–H groups in total. The van der Waals surface area contributed by atoms with Crippen LogP contribution in [0.2, 0.25) is 0 Å². The Morgan fingerprint density at radius 2 is 1.76 bits per heavy atom. The van der Waals surface area contributed by atoms with Crippen LogP contribution < -0.4 is 0 Å². The summed E-state index contributed by atoms with van der Waals surface area (Å²) in [4.78, 5) is 27.2. The minimum absolute atomic E-state index is 0.0639. The number of hydrogen-bond donors (Lipinski definition) is 3. The number of halogens is 1. The summed E-state index contributed by atoms with van der Waals surface area (Å²) in [6, 6.07) is 16.4. The van der Waals surface area contributed by atoms with Crippen LogP contribution in [0.15, 0.2) is 60.7 Å². The molecule has 6 nitrogen and oxygen atoms in total. The van der Waals surface area contributed by atoms with Crippen molar-refractivity contribution in [3.8, 4) is 34.7 Å². The van der Waals surface area contributed by atoms with Crippen LogP contribution in [0.3, 0.4) is 0 Å². The molecule has 1 aliphatic carbocycles. The van der Waals surface area contributed by atoms with Crippen molar-refractivity contribution in [1.82, 2.24) is 4.98 Å². The van der Waals surface area contributed by atoms with Gasteiger partial charge in [0.25, 0.3) is 0 Å². The summed E-state index contributed by atoms with van der Waals surface area (Å²) >= 11 is 0. The summed E-state index contributed by atoms with van der Waals surface area (Å²) in [6.07, 6.45) is 7.01. The van der Waals surface area contributed by atoms with Gasteiger partial charge in [-0.25, -0.2) is 9.18 Å². The lowest BCUT2D eigenvalue weighted by Gasteiger charge is -2.38. The predicted octanol–water partition coefficient (Wildman–Crippen LogP) is 4.56. The second kappa shape index (κ2) is 8.81. The number of carboxylic acids is 1. The molecule has 174 valence electrons. The molecule has 1 aromatic heterocycles. The molecule has 0 saturated heterocycles. The maximum Gasteiger partial charge on any atom is 0.335 e. The highest BCUT2D eigenvalue weighted by Gasteiger charge is 2.60. The van der Waals surface area contributed by atoms with Crippen LogP contribution in [0.4, 0.5) is 4.39 Å². The molecule has 0 spiro atoms. The Morgan fingerprint density at radius 3 is 2.26 bits per heavy atom. The fourth-order valence-corrected chi connectivity index (χ4v) is 5.15. The highest BCUT2D eigenvalue weighted by atomic mass is 31.1. The first kappa shape index (κ1) is 23.8. The van der Waals surface area contributed by atoms with Gasteiger partial charge in [0.1, 0.15) is 11.4 Å². The second-order valence-corrected chi connectivity index (χ2v) is 9.90. The van der Waals surface area contributed by atoms with Crippen LogP contribution >= 0.6 is 8.03 Å². The van der Waals surface area contributed by atoms with Crippen molar-refractivity contribution >= 4 is 14.0 Å². The monoisotopic (exact) mass is 479 g/mol. The zero-order valence-corrected chi connectivity index (χ0v) is 19.3. The molecular weight excluding hydrogens is 456 g/mol. The number of benzene rings is 2. The zero-order valence-electron chi connectivity index (χ0n) is 18.3. The van der Waals surface area contributed by atoms with E-state index in [2.05, 4.69) is 0 Å². The summed E-state index contributed by atoms with van der Waals surface area (Å²) in [7, 11) is -4.00. The van der Waals surface area contributed by atoms with E-state index in [1.54, 1.807) is 6.07 Å². The van der Waals surface area contributed by atoms with Crippen LogP contribution in [-0.4, -0.2) is 31.2 Å². The average Bonchev–Trinajstić information content (AvgIpc) is 3.65. The van der Waals surface area contributed by atoms with Crippen molar-refractivity contribution in [2.75, 3.05) is 0 Å². The van der Waals surface area contributed by atoms with Gasteiger partial charge in [-0.2, -0.15) is 0 Å². The van der Waals surface area contributed by atoms with E-state index < -0.39 is 30.6 Å². The van der Waals surface area contributed by atoms with E-state index in [0.29, 0.717) is 22.5 Å². The lowest BCUT2D eigenvalue weighted by atomic mass is 9.76. The average molecular weight is 479 g/mol. The number of rotatable bonds is 7. The first-order valence-corrected chi connectivity index (χ1v) is 12.0. The fraction of sp³-hybridized carbons (Fsp3) is 0.231. The number of nitrogens with zero attached hydrogens (tertiary/aromatic N) is 1. The molecule has 1 aliphatic rings. The van der Waals surface area contributed by atoms with Gasteiger partial charge in [0.2, 0.25) is 13.2 Å². The largest absolute Gasteiger partial charge is 0.480 e. The smallest absolute Gasteiger partial charge is 0.335 e. The maximum atomic E-state index is 13.7. The van der Waals surface area contributed by atoms with Gasteiger partial charge in [0, 0.05) is 17.0 Å². The van der Waals surface area contributed by atoms with Crippen molar-refractivity contribution in [1.29, 1.82) is 0 Å². The van der Waals surface area contributed by atoms with E-state index in [4.69, 9.17) is 11.4 Å². The van der Waals surface area contributed by atoms with Crippen molar-refractivity contribution in [2.45, 2.75) is 36.4 Å². The van der Waals surface area contributed by atoms with Gasteiger partial charge < -0.3 is 15.1 Å². The molecule has 34 heavy (non-hydrogen) atoms. The number of aliphatic carboxylic acids is 1. The molecule has 1 heterocycles. The standard InChI is InChI=1S/C26H23FNO5P/c1-3-26(24(29)30,34(32)33)25(2,31)22-20(16-11-13-19(27)14-12-16)15-21(17-7-5-4-6-8-17)28-23(22)18-9-10-18/h1,4-8,11-15,18,31,34H,9-10H2,2H3,(H,29,30)(H,32,33). The highest BCUT2D eigenvalue weighted by molar-refractivity contribution is 7.42. The summed E-state index contributed by atoms with van der Waals surface area (Å²) in [5, 5.41) is 18.9. The third kappa shape index (κ3) is 3.84. The molecule has 3 unspecified atom stereocenters. The number of aromatic nitrogens is 1. The molecule has 1 saturated carbocycles. The van der Waals surface area contributed by atoms with Gasteiger partial charge in [0.15, 0.2) is 0 Å². The lowest BCUT2D eigenvalue weighted by Crippen LogP contribution is -2.53. The Bertz CT molecular complexity index is 1300. The van der Waals surface area contributed by atoms with Crippen LogP contribution in [0.1, 0.15) is 36.9 Å². The van der Waals surface area contributed by atoms with Gasteiger partial charge in [-0.15, -0.1) is 6.42 Å². The topological polar surface area (TPSA) is 108 Å². The molecule has 2 aromatic carbocycles. The number of pyridine rings is 1. The van der Waals surface area contributed by atoms with Gasteiger partial charge in [0.05, 0.1) is 11.4 Å². The Hall–Kier alpha value is -3.30. The van der Waals surface area contributed by atoms with E-state index in [1.807, 2.05) is 36.3 Å². The normalized spacial score (nSPS) is 17.7. The van der Waals surface area contributed by atoms with E-state index >= 15 is 0 Å². The van der Waals surface area contributed by atoms with Crippen molar-refractivity contribution in [3.63, 3.8) is 0 Å². The molecule has 3 atom stereocenters. The first-order chi connectivity index (χ1) is 16.1. The third-order valence-corrected chi connectivity index (χ3v) is 7.80. The quantitative estimate of drug-likeness (QED) is 0.339. The van der Waals surface area contributed by atoms with Crippen LogP contribution in [0.25, 0.3) is 22.4 Å². The summed E-state index contributed by atoms with van der Waals surface area (Å²) < 4.78 is 26.1. The van der Waals surface area contributed by atoms with Gasteiger partial charge in [-0.3, -0.25) is 9.55 Å². The van der Waals surface area contributed by atoms with Gasteiger partial charge in [-0.05, 0) is 49.1 Å². The molecule has 0 radical (unpaired) electrons. The maximum absolute atomic E-state index is 13.7. The van der Waals surface area contributed by atoms with Crippen molar-refractivity contribution in [3.05, 3.63) is 77.7 Å². The lowest BCUT2D eigenvalue weighted by molar-refractivity contribution is -0.145. The molecule has 1 fully saturated rings. The molecule has 0 bridgehead atoms. The minimum Gasteiger partial charge on any atom is -0.480 e. The zero-order chi connectivity index (χ0) is 24.7. The molecule has 8 heteroatoms. The van der Waals surface area contributed by atoms with E-state index in [-0.39, 0.29) is 11.5 Å². The molecule has 3 aromatic rings. The van der Waals surface area contributed by atoms with E-state index in [9.17, 15) is 28.9 Å². The van der Waals surface area contributed by atoms with Gasteiger partial charge in [-0.1, -0.05) is 48.4 Å². The molecule has 0 amide bonds. The summed E-state index contributed by atoms with van der Waals surface area (Å²) in [5.74, 6) is -0.427. The number of terminal acetylenes is 1. The number of carbonyl (C=O) groups is 1. The Balaban J connectivity index is 2.11. The Morgan fingerprint density at radius 1 is 1.15 bits per heavy atom. The fourth-order valence-electron chi connectivity index (χ4n) is 4.30. The van der Waals surface area contributed by atoms with Gasteiger partial charge >= 0.3 is 5.97 Å². The Kier molecular flexibility index (Phi) is 6.18. The number of aliphatic hydroxyl groups is 1. The van der Waals surface area contributed by atoms with E-state index in [1.165, 1.54) is 24.3 Å². The number of hydrogen-bond acceptors (Lipinski definition) is 4. The second-order valence-electron chi connectivity index (χ2n) is 8.54. The molecular formula is C26H23FNO5P. The molecule has 4 rings (SSSR count). The third-order valence-electron chi connectivity index (χ3n) is 6.31. The van der Waals surface area contributed by atoms with Crippen molar-refractivity contribution < 1.29 is 28.9 Å². The van der Waals surface area contributed by atoms with Crippen LogP contribution in [0.5, 0.6) is 0 Å². The summed E-state index contributed by atoms with van der Waals surface area (Å²) in [6.45, 7) is 1.14. The summed E-state index contributed by atoms with van der Waals surface area (Å²) in [5.41, 5.74) is 0.207. The minimum atomic E-state index is -4.00. The van der Waals surface area contributed by atoms with Crippen LogP contribution in [0, 0.1) is 18.2 Å². The van der Waals surface area contributed by atoms with E-state index in [0.717, 1.165) is 25.3 Å². The Labute approximate surface area is 197 Å². The number of carboxylic acid groups (broad SMARTS) is 1. The SMILES string of the molecule is C#CC(C(=O)O)([PH](=O)O)C(C)(O)c1c(-c2ccc(F)cc2)cc(-c2ccccc2)nc1C1CC1. The molecule has 0 aliphatic heterocycles.